The maximum atomic E-state index is 12.1. The van der Waals surface area contributed by atoms with E-state index in [1.165, 1.54) is 5.56 Å². The molecular weight excluding hydrogens is 282 g/mol. The molecule has 21 heavy (non-hydrogen) atoms. The molecule has 0 atom stereocenters. The summed E-state index contributed by atoms with van der Waals surface area (Å²) in [7, 11) is 0. The van der Waals surface area contributed by atoms with Crippen LogP contribution < -0.4 is 11.1 Å². The van der Waals surface area contributed by atoms with E-state index in [-0.39, 0.29) is 11.9 Å². The molecule has 1 aliphatic rings. The lowest BCUT2D eigenvalue weighted by Crippen LogP contribution is -2.46. The first-order valence-electron chi connectivity index (χ1n) is 7.39. The van der Waals surface area contributed by atoms with Gasteiger partial charge in [0.1, 0.15) is 0 Å². The lowest BCUT2D eigenvalue weighted by atomic mass is 10.0. The third kappa shape index (κ3) is 5.10. The van der Waals surface area contributed by atoms with Crippen LogP contribution in [0.5, 0.6) is 0 Å². The summed E-state index contributed by atoms with van der Waals surface area (Å²) in [5.41, 5.74) is 7.82. The number of amides is 1. The number of carbonyl (C=O) groups excluding carboxylic acids is 1. The molecule has 1 aromatic carbocycles. The lowest BCUT2D eigenvalue weighted by Gasteiger charge is -2.32. The predicted octanol–water partition coefficient (Wildman–Crippen LogP) is 1.40. The number of rotatable bonds is 5. The van der Waals surface area contributed by atoms with Crippen LogP contribution >= 0.6 is 12.2 Å². The van der Waals surface area contributed by atoms with Gasteiger partial charge in [0.2, 0.25) is 5.91 Å². The molecule has 0 bridgehead atoms. The largest absolute Gasteiger partial charge is 0.392 e. The normalized spacial score (nSPS) is 16.6. The quantitative estimate of drug-likeness (QED) is 0.808. The molecule has 5 heteroatoms. The van der Waals surface area contributed by atoms with Gasteiger partial charge in [-0.05, 0) is 30.9 Å². The van der Waals surface area contributed by atoms with Crippen LogP contribution in [-0.4, -0.2) is 41.5 Å². The monoisotopic (exact) mass is 305 g/mol. The molecule has 2 rings (SSSR count). The molecule has 0 spiro atoms. The van der Waals surface area contributed by atoms with Gasteiger partial charge in [0.25, 0.3) is 0 Å². The van der Waals surface area contributed by atoms with Crippen molar-refractivity contribution in [1.82, 2.24) is 10.2 Å². The molecule has 1 fully saturated rings. The number of aryl methyl sites for hydroxylation is 1. The Morgan fingerprint density at radius 1 is 1.38 bits per heavy atom. The second kappa shape index (κ2) is 7.52. The van der Waals surface area contributed by atoms with Crippen molar-refractivity contribution in [2.24, 2.45) is 5.73 Å². The topological polar surface area (TPSA) is 58.4 Å². The van der Waals surface area contributed by atoms with Crippen molar-refractivity contribution in [1.29, 1.82) is 0 Å². The van der Waals surface area contributed by atoms with Crippen LogP contribution in [-0.2, 0) is 11.2 Å². The van der Waals surface area contributed by atoms with Gasteiger partial charge >= 0.3 is 0 Å². The summed E-state index contributed by atoms with van der Waals surface area (Å²) < 4.78 is 0. The van der Waals surface area contributed by atoms with E-state index in [1.54, 1.807) is 0 Å². The summed E-state index contributed by atoms with van der Waals surface area (Å²) in [4.78, 5) is 14.9. The van der Waals surface area contributed by atoms with Gasteiger partial charge in [0.05, 0.1) is 11.4 Å². The van der Waals surface area contributed by atoms with Gasteiger partial charge in [-0.3, -0.25) is 9.69 Å². The Kier molecular flexibility index (Phi) is 5.70. The summed E-state index contributed by atoms with van der Waals surface area (Å²) in [5, 5.41) is 3.14. The number of nitrogens with two attached hydrogens (primary N) is 1. The molecule has 1 saturated heterocycles. The van der Waals surface area contributed by atoms with Crippen LogP contribution in [0.25, 0.3) is 0 Å². The Labute approximate surface area is 131 Å². The van der Waals surface area contributed by atoms with E-state index >= 15 is 0 Å². The average molecular weight is 305 g/mol. The summed E-state index contributed by atoms with van der Waals surface area (Å²) in [6.07, 6.45) is 2.38. The zero-order valence-corrected chi connectivity index (χ0v) is 13.3. The number of benzene rings is 1. The molecule has 0 unspecified atom stereocenters. The molecule has 4 nitrogen and oxygen atoms in total. The van der Waals surface area contributed by atoms with Gasteiger partial charge in [-0.2, -0.15) is 0 Å². The van der Waals surface area contributed by atoms with Gasteiger partial charge in [0, 0.05) is 25.7 Å². The summed E-state index contributed by atoms with van der Waals surface area (Å²) in [6, 6.07) is 8.29. The predicted molar refractivity (Wildman–Crippen MR) is 89.3 cm³/mol. The standard InChI is InChI=1S/C16H23N3OS/c1-12-4-2-3-5-13(12)10-16(20)18-14-6-8-19(9-7-14)11-15(17)21/h2-5,14H,6-11H2,1H3,(H2,17,21)(H,18,20). The molecule has 1 heterocycles. The maximum absolute atomic E-state index is 12.1. The Balaban J connectivity index is 1.77. The van der Waals surface area contributed by atoms with Crippen LogP contribution in [0.4, 0.5) is 0 Å². The van der Waals surface area contributed by atoms with Crippen molar-refractivity contribution in [3.63, 3.8) is 0 Å². The van der Waals surface area contributed by atoms with Gasteiger partial charge in [-0.1, -0.05) is 36.5 Å². The SMILES string of the molecule is Cc1ccccc1CC(=O)NC1CCN(CC(N)=S)CC1. The van der Waals surface area contributed by atoms with E-state index < -0.39 is 0 Å². The van der Waals surface area contributed by atoms with E-state index in [4.69, 9.17) is 18.0 Å². The van der Waals surface area contributed by atoms with Crippen LogP contribution in [0.15, 0.2) is 24.3 Å². The van der Waals surface area contributed by atoms with Crippen LogP contribution in [0.1, 0.15) is 24.0 Å². The van der Waals surface area contributed by atoms with Crippen molar-refractivity contribution >= 4 is 23.1 Å². The highest BCUT2D eigenvalue weighted by molar-refractivity contribution is 7.80. The van der Waals surface area contributed by atoms with E-state index in [0.717, 1.165) is 31.5 Å². The number of carbonyl (C=O) groups is 1. The average Bonchev–Trinajstić information content (AvgIpc) is 2.43. The summed E-state index contributed by atoms with van der Waals surface area (Å²) in [6.45, 7) is 4.59. The molecule has 0 saturated carbocycles. The molecule has 1 amide bonds. The Morgan fingerprint density at radius 2 is 2.05 bits per heavy atom. The molecule has 0 radical (unpaired) electrons. The molecule has 1 aromatic rings. The number of nitrogens with one attached hydrogen (secondary N) is 1. The Bertz CT molecular complexity index is 510. The van der Waals surface area contributed by atoms with Gasteiger partial charge in [-0.25, -0.2) is 0 Å². The highest BCUT2D eigenvalue weighted by atomic mass is 32.1. The number of likely N-dealkylation sites (tertiary alicyclic amines) is 1. The van der Waals surface area contributed by atoms with Crippen molar-refractivity contribution in [3.05, 3.63) is 35.4 Å². The third-order valence-corrected chi connectivity index (χ3v) is 4.07. The first kappa shape index (κ1) is 15.9. The van der Waals surface area contributed by atoms with Gasteiger partial charge in [-0.15, -0.1) is 0 Å². The number of hydrogen-bond donors (Lipinski definition) is 2. The van der Waals surface area contributed by atoms with Crippen LogP contribution in [0.3, 0.4) is 0 Å². The zero-order chi connectivity index (χ0) is 15.2. The van der Waals surface area contributed by atoms with Crippen molar-refractivity contribution in [2.45, 2.75) is 32.2 Å². The van der Waals surface area contributed by atoms with Crippen LogP contribution in [0.2, 0.25) is 0 Å². The first-order chi connectivity index (χ1) is 10.0. The molecule has 0 aliphatic carbocycles. The minimum absolute atomic E-state index is 0.108. The molecule has 114 valence electrons. The number of nitrogens with zero attached hydrogens (tertiary/aromatic N) is 1. The molecule has 3 N–H and O–H groups in total. The van der Waals surface area contributed by atoms with Crippen LogP contribution in [0, 0.1) is 6.92 Å². The number of hydrogen-bond acceptors (Lipinski definition) is 3. The van der Waals surface area contributed by atoms with E-state index in [2.05, 4.69) is 10.2 Å². The van der Waals surface area contributed by atoms with Crippen molar-refractivity contribution in [2.75, 3.05) is 19.6 Å². The lowest BCUT2D eigenvalue weighted by molar-refractivity contribution is -0.121. The molecule has 1 aliphatic heterocycles. The molecule has 0 aromatic heterocycles. The fourth-order valence-corrected chi connectivity index (χ4v) is 2.90. The summed E-state index contributed by atoms with van der Waals surface area (Å²) >= 11 is 4.93. The first-order valence-corrected chi connectivity index (χ1v) is 7.80. The van der Waals surface area contributed by atoms with Crippen molar-refractivity contribution < 1.29 is 4.79 Å². The van der Waals surface area contributed by atoms with Crippen molar-refractivity contribution in [3.8, 4) is 0 Å². The smallest absolute Gasteiger partial charge is 0.224 e. The minimum Gasteiger partial charge on any atom is -0.392 e. The van der Waals surface area contributed by atoms with Gasteiger partial charge in [0.15, 0.2) is 0 Å². The second-order valence-electron chi connectivity index (χ2n) is 5.69. The molecular formula is C16H23N3OS. The maximum Gasteiger partial charge on any atom is 0.224 e. The van der Waals surface area contributed by atoms with E-state index in [9.17, 15) is 4.79 Å². The summed E-state index contributed by atoms with van der Waals surface area (Å²) in [5.74, 6) is 0.108. The van der Waals surface area contributed by atoms with Gasteiger partial charge < -0.3 is 11.1 Å². The fourth-order valence-electron chi connectivity index (χ4n) is 2.72. The zero-order valence-electron chi connectivity index (χ0n) is 12.5. The fraction of sp³-hybridized carbons (Fsp3) is 0.500. The Morgan fingerprint density at radius 3 is 2.67 bits per heavy atom. The second-order valence-corrected chi connectivity index (χ2v) is 6.21. The number of thiocarbonyl (C=S) groups is 1. The third-order valence-electron chi connectivity index (χ3n) is 3.94. The highest BCUT2D eigenvalue weighted by Crippen LogP contribution is 2.11. The number of piperidine rings is 1. The minimum atomic E-state index is 0.108. The van der Waals surface area contributed by atoms with E-state index in [1.807, 2.05) is 31.2 Å². The Hall–Kier alpha value is -1.46. The highest BCUT2D eigenvalue weighted by Gasteiger charge is 2.20. The van der Waals surface area contributed by atoms with E-state index in [0.29, 0.717) is 18.0 Å².